The standard InChI is InChI=1S/C23H32N2O2/c26-22(23(27,18-8-4-5-9-18)17-6-2-1-3-7-17)24-12-19-20-14-25(15-21(19)20)13-16-10-11-16/h1-3,6-7,16,18-21,27H,4-5,8-15H2,(H,24,26). The Balaban J connectivity index is 1.20. The SMILES string of the molecule is O=C(NCC1C2CN(CC3CC3)CC12)C(O)(c1ccccc1)C1CCCC1. The quantitative estimate of drug-likeness (QED) is 0.778. The van der Waals surface area contributed by atoms with Crippen LogP contribution < -0.4 is 5.32 Å². The molecule has 3 unspecified atom stereocenters. The molecule has 1 aromatic rings. The maximum Gasteiger partial charge on any atom is 0.256 e. The van der Waals surface area contributed by atoms with Gasteiger partial charge in [-0.2, -0.15) is 0 Å². The van der Waals surface area contributed by atoms with Crippen molar-refractivity contribution < 1.29 is 9.90 Å². The highest BCUT2D eigenvalue weighted by Gasteiger charge is 2.56. The fourth-order valence-electron chi connectivity index (χ4n) is 5.79. The van der Waals surface area contributed by atoms with Crippen LogP contribution in [-0.4, -0.2) is 42.1 Å². The smallest absolute Gasteiger partial charge is 0.256 e. The first-order chi connectivity index (χ1) is 13.2. The zero-order valence-electron chi connectivity index (χ0n) is 16.1. The molecule has 1 heterocycles. The van der Waals surface area contributed by atoms with Crippen molar-refractivity contribution in [1.82, 2.24) is 10.2 Å². The molecule has 4 nitrogen and oxygen atoms in total. The molecule has 0 aromatic heterocycles. The normalized spacial score (nSPS) is 32.9. The Morgan fingerprint density at radius 2 is 1.74 bits per heavy atom. The zero-order valence-corrected chi connectivity index (χ0v) is 16.1. The topological polar surface area (TPSA) is 52.6 Å². The molecular formula is C23H32N2O2. The number of likely N-dealkylation sites (tertiary alicyclic amines) is 1. The monoisotopic (exact) mass is 368 g/mol. The van der Waals surface area contributed by atoms with Crippen molar-refractivity contribution in [2.24, 2.45) is 29.6 Å². The Hall–Kier alpha value is -1.39. The van der Waals surface area contributed by atoms with Gasteiger partial charge in [0.05, 0.1) is 0 Å². The lowest BCUT2D eigenvalue weighted by molar-refractivity contribution is -0.147. The minimum atomic E-state index is -1.38. The van der Waals surface area contributed by atoms with E-state index in [4.69, 9.17) is 0 Å². The Morgan fingerprint density at radius 3 is 2.37 bits per heavy atom. The summed E-state index contributed by atoms with van der Waals surface area (Å²) in [7, 11) is 0. The molecule has 0 bridgehead atoms. The summed E-state index contributed by atoms with van der Waals surface area (Å²) < 4.78 is 0. The highest BCUT2D eigenvalue weighted by Crippen LogP contribution is 2.52. The van der Waals surface area contributed by atoms with Crippen molar-refractivity contribution >= 4 is 5.91 Å². The molecule has 4 fully saturated rings. The third kappa shape index (κ3) is 3.31. The van der Waals surface area contributed by atoms with Crippen molar-refractivity contribution in [3.63, 3.8) is 0 Å². The first-order valence-corrected chi connectivity index (χ1v) is 10.9. The molecule has 5 rings (SSSR count). The predicted molar refractivity (Wildman–Crippen MR) is 105 cm³/mol. The Labute approximate surface area is 162 Å². The van der Waals surface area contributed by atoms with Crippen LogP contribution in [0.5, 0.6) is 0 Å². The number of nitrogens with one attached hydrogen (secondary N) is 1. The van der Waals surface area contributed by atoms with Gasteiger partial charge in [0.2, 0.25) is 0 Å². The van der Waals surface area contributed by atoms with Gasteiger partial charge in [-0.1, -0.05) is 43.2 Å². The van der Waals surface area contributed by atoms with Crippen LogP contribution >= 0.6 is 0 Å². The summed E-state index contributed by atoms with van der Waals surface area (Å²) in [6.07, 6.45) is 6.93. The maximum absolute atomic E-state index is 13.2. The van der Waals surface area contributed by atoms with Crippen LogP contribution in [0.2, 0.25) is 0 Å². The minimum Gasteiger partial charge on any atom is -0.375 e. The average Bonchev–Trinajstić information content (AvgIpc) is 3.47. The molecule has 3 aliphatic carbocycles. The number of carbonyl (C=O) groups is 1. The molecule has 4 aliphatic rings. The second-order valence-electron chi connectivity index (χ2n) is 9.48. The molecule has 1 saturated heterocycles. The van der Waals surface area contributed by atoms with Gasteiger partial charge < -0.3 is 15.3 Å². The van der Waals surface area contributed by atoms with Gasteiger partial charge in [0.15, 0.2) is 5.60 Å². The number of hydrogen-bond donors (Lipinski definition) is 2. The molecule has 27 heavy (non-hydrogen) atoms. The molecule has 2 N–H and O–H groups in total. The maximum atomic E-state index is 13.2. The number of benzene rings is 1. The summed E-state index contributed by atoms with van der Waals surface area (Å²) in [5.74, 6) is 2.97. The Kier molecular flexibility index (Phi) is 4.52. The van der Waals surface area contributed by atoms with E-state index >= 15 is 0 Å². The van der Waals surface area contributed by atoms with Crippen LogP contribution in [0, 0.1) is 29.6 Å². The van der Waals surface area contributed by atoms with Crippen LogP contribution in [0.25, 0.3) is 0 Å². The zero-order chi connectivity index (χ0) is 18.4. The fourth-order valence-corrected chi connectivity index (χ4v) is 5.79. The van der Waals surface area contributed by atoms with Crippen LogP contribution in [0.3, 0.4) is 0 Å². The third-order valence-electron chi connectivity index (χ3n) is 7.66. The number of carbonyl (C=O) groups excluding carboxylic acids is 1. The number of aliphatic hydroxyl groups is 1. The molecule has 1 aromatic carbocycles. The van der Waals surface area contributed by atoms with E-state index in [0.717, 1.165) is 55.5 Å². The lowest BCUT2D eigenvalue weighted by atomic mass is 9.79. The van der Waals surface area contributed by atoms with Crippen molar-refractivity contribution in [2.75, 3.05) is 26.2 Å². The Morgan fingerprint density at radius 1 is 1.07 bits per heavy atom. The van der Waals surface area contributed by atoms with E-state index in [2.05, 4.69) is 10.2 Å². The summed E-state index contributed by atoms with van der Waals surface area (Å²) >= 11 is 0. The van der Waals surface area contributed by atoms with Gasteiger partial charge in [-0.15, -0.1) is 0 Å². The first-order valence-electron chi connectivity index (χ1n) is 10.9. The number of piperidine rings is 1. The van der Waals surface area contributed by atoms with E-state index in [1.807, 2.05) is 30.3 Å². The van der Waals surface area contributed by atoms with Gasteiger partial charge in [-0.3, -0.25) is 4.79 Å². The van der Waals surface area contributed by atoms with E-state index < -0.39 is 5.60 Å². The number of rotatable bonds is 7. The third-order valence-corrected chi connectivity index (χ3v) is 7.66. The van der Waals surface area contributed by atoms with Crippen LogP contribution in [0.4, 0.5) is 0 Å². The number of amides is 1. The Bertz CT molecular complexity index is 671. The summed E-state index contributed by atoms with van der Waals surface area (Å²) in [6, 6.07) is 9.58. The average molecular weight is 369 g/mol. The highest BCUT2D eigenvalue weighted by molar-refractivity contribution is 5.86. The van der Waals surface area contributed by atoms with Gasteiger partial charge in [0, 0.05) is 32.1 Å². The number of fused-ring (bicyclic) bond motifs is 1. The molecule has 3 saturated carbocycles. The number of hydrogen-bond acceptors (Lipinski definition) is 3. The van der Waals surface area contributed by atoms with Gasteiger partial charge >= 0.3 is 0 Å². The van der Waals surface area contributed by atoms with E-state index in [-0.39, 0.29) is 11.8 Å². The summed E-state index contributed by atoms with van der Waals surface area (Å²) in [5.41, 5.74) is -0.624. The van der Waals surface area contributed by atoms with Crippen molar-refractivity contribution in [2.45, 2.75) is 44.1 Å². The summed E-state index contributed by atoms with van der Waals surface area (Å²) in [6.45, 7) is 4.45. The van der Waals surface area contributed by atoms with Crippen molar-refractivity contribution in [3.8, 4) is 0 Å². The molecule has 1 amide bonds. The predicted octanol–water partition coefficient (Wildman–Crippen LogP) is 2.77. The largest absolute Gasteiger partial charge is 0.375 e. The summed E-state index contributed by atoms with van der Waals surface area (Å²) in [4.78, 5) is 15.8. The van der Waals surface area contributed by atoms with Gasteiger partial charge in [-0.25, -0.2) is 0 Å². The second-order valence-corrected chi connectivity index (χ2v) is 9.48. The van der Waals surface area contributed by atoms with E-state index in [1.54, 1.807) is 0 Å². The van der Waals surface area contributed by atoms with Crippen LogP contribution in [0.1, 0.15) is 44.1 Å². The van der Waals surface area contributed by atoms with E-state index in [1.165, 1.54) is 32.5 Å². The molecule has 3 atom stereocenters. The van der Waals surface area contributed by atoms with Crippen molar-refractivity contribution in [3.05, 3.63) is 35.9 Å². The molecule has 0 radical (unpaired) electrons. The first kappa shape index (κ1) is 17.7. The molecule has 0 spiro atoms. The van der Waals surface area contributed by atoms with Gasteiger partial charge in [0.25, 0.3) is 5.91 Å². The van der Waals surface area contributed by atoms with E-state index in [0.29, 0.717) is 5.92 Å². The molecular weight excluding hydrogens is 336 g/mol. The minimum absolute atomic E-state index is 0.0348. The fraction of sp³-hybridized carbons (Fsp3) is 0.696. The lowest BCUT2D eigenvalue weighted by Crippen LogP contribution is -2.49. The molecule has 4 heteroatoms. The summed E-state index contributed by atoms with van der Waals surface area (Å²) in [5, 5.41) is 14.7. The van der Waals surface area contributed by atoms with Crippen molar-refractivity contribution in [1.29, 1.82) is 0 Å². The highest BCUT2D eigenvalue weighted by atomic mass is 16.3. The van der Waals surface area contributed by atoms with Gasteiger partial charge in [0.1, 0.15) is 0 Å². The van der Waals surface area contributed by atoms with E-state index in [9.17, 15) is 9.90 Å². The van der Waals surface area contributed by atoms with Crippen LogP contribution in [0.15, 0.2) is 30.3 Å². The number of nitrogens with zero attached hydrogens (tertiary/aromatic N) is 1. The molecule has 146 valence electrons. The van der Waals surface area contributed by atoms with Crippen LogP contribution in [-0.2, 0) is 10.4 Å². The molecule has 1 aliphatic heterocycles. The lowest BCUT2D eigenvalue weighted by Gasteiger charge is -2.33. The van der Waals surface area contributed by atoms with Gasteiger partial charge in [-0.05, 0) is 54.9 Å². The second kappa shape index (κ2) is 6.89.